The van der Waals surface area contributed by atoms with Gasteiger partial charge in [0, 0.05) is 19.1 Å². The second-order valence-corrected chi connectivity index (χ2v) is 6.00. The summed E-state index contributed by atoms with van der Waals surface area (Å²) in [7, 11) is 0. The van der Waals surface area contributed by atoms with E-state index in [0.29, 0.717) is 11.4 Å². The summed E-state index contributed by atoms with van der Waals surface area (Å²) in [5.41, 5.74) is -0.454. The number of β-amino-alcohol motifs (C(OH)–C–C–N with tert-alkyl or cyclic N) is 1. The highest BCUT2D eigenvalue weighted by atomic mass is 32.2. The predicted octanol–water partition coefficient (Wildman–Crippen LogP) is 0.884. The first-order valence-corrected chi connectivity index (χ1v) is 7.17. The maximum absolute atomic E-state index is 10.4. The summed E-state index contributed by atoms with van der Waals surface area (Å²) in [6.45, 7) is 4.96. The number of rotatable bonds is 3. The molecule has 0 aromatic heterocycles. The summed E-state index contributed by atoms with van der Waals surface area (Å²) in [4.78, 5) is 2.35. The molecule has 2 atom stereocenters. The smallest absolute Gasteiger partial charge is 0.105 e. The van der Waals surface area contributed by atoms with E-state index in [4.69, 9.17) is 0 Å². The van der Waals surface area contributed by atoms with E-state index < -0.39 is 5.60 Å². The van der Waals surface area contributed by atoms with Gasteiger partial charge in [0.25, 0.3) is 0 Å². The molecule has 2 heterocycles. The van der Waals surface area contributed by atoms with E-state index in [2.05, 4.69) is 23.4 Å². The van der Waals surface area contributed by atoms with E-state index in [1.54, 1.807) is 0 Å². The van der Waals surface area contributed by atoms with Gasteiger partial charge in [-0.15, -0.1) is 11.8 Å². The standard InChI is InChI=1S/C11H22N2OS/c1-9(15-2)13-7-11(14,8-13)10-5-3-4-6-12-10/h9-10,12,14H,3-8H2,1-2H3. The first kappa shape index (κ1) is 11.7. The fourth-order valence-corrected chi connectivity index (χ4v) is 3.04. The molecule has 0 aromatic rings. The summed E-state index contributed by atoms with van der Waals surface area (Å²) in [5.74, 6) is 0. The molecule has 2 rings (SSSR count). The minimum Gasteiger partial charge on any atom is -0.386 e. The molecule has 4 heteroatoms. The maximum Gasteiger partial charge on any atom is 0.105 e. The maximum atomic E-state index is 10.4. The van der Waals surface area contributed by atoms with Gasteiger partial charge in [0.2, 0.25) is 0 Å². The first-order chi connectivity index (χ1) is 7.15. The number of hydrogen-bond acceptors (Lipinski definition) is 4. The van der Waals surface area contributed by atoms with Crippen molar-refractivity contribution in [3.05, 3.63) is 0 Å². The van der Waals surface area contributed by atoms with Crippen LogP contribution >= 0.6 is 11.8 Å². The number of piperidine rings is 1. The SMILES string of the molecule is CSC(C)N1CC(O)(C2CCCCN2)C1. The Bertz CT molecular complexity index is 213. The van der Waals surface area contributed by atoms with Gasteiger partial charge in [-0.25, -0.2) is 0 Å². The Morgan fingerprint density at radius 2 is 2.20 bits per heavy atom. The summed E-state index contributed by atoms with van der Waals surface area (Å²) in [6, 6.07) is 0.330. The van der Waals surface area contributed by atoms with Crippen LogP contribution in [0.5, 0.6) is 0 Å². The van der Waals surface area contributed by atoms with Crippen molar-refractivity contribution in [3.63, 3.8) is 0 Å². The molecule has 0 saturated carbocycles. The Morgan fingerprint density at radius 3 is 2.73 bits per heavy atom. The summed E-state index contributed by atoms with van der Waals surface area (Å²) >= 11 is 1.85. The number of nitrogens with zero attached hydrogens (tertiary/aromatic N) is 1. The Balaban J connectivity index is 1.84. The molecule has 2 aliphatic rings. The van der Waals surface area contributed by atoms with Crippen LogP contribution in [0.4, 0.5) is 0 Å². The Morgan fingerprint density at radius 1 is 1.47 bits per heavy atom. The minimum absolute atomic E-state index is 0.330. The molecule has 0 aromatic carbocycles. The van der Waals surface area contributed by atoms with Crippen molar-refractivity contribution in [2.75, 3.05) is 25.9 Å². The second-order valence-electron chi connectivity index (χ2n) is 4.85. The number of aliphatic hydroxyl groups is 1. The topological polar surface area (TPSA) is 35.5 Å². The molecule has 15 heavy (non-hydrogen) atoms. The molecule has 2 aliphatic heterocycles. The lowest BCUT2D eigenvalue weighted by Crippen LogP contribution is -2.72. The third-order valence-corrected chi connectivity index (χ3v) is 4.75. The molecule has 2 saturated heterocycles. The Labute approximate surface area is 96.6 Å². The summed E-state index contributed by atoms with van der Waals surface area (Å²) < 4.78 is 0. The van der Waals surface area contributed by atoms with Gasteiger partial charge in [0.15, 0.2) is 0 Å². The summed E-state index contributed by atoms with van der Waals surface area (Å²) in [5, 5.41) is 14.4. The van der Waals surface area contributed by atoms with Gasteiger partial charge in [0.05, 0.1) is 5.37 Å². The van der Waals surface area contributed by atoms with Gasteiger partial charge in [0.1, 0.15) is 5.60 Å². The molecule has 0 spiro atoms. The van der Waals surface area contributed by atoms with Crippen LogP contribution in [0.25, 0.3) is 0 Å². The molecule has 0 radical (unpaired) electrons. The molecule has 2 unspecified atom stereocenters. The largest absolute Gasteiger partial charge is 0.386 e. The number of hydrogen-bond donors (Lipinski definition) is 2. The van der Waals surface area contributed by atoms with Gasteiger partial charge in [-0.1, -0.05) is 6.42 Å². The zero-order chi connectivity index (χ0) is 10.9. The van der Waals surface area contributed by atoms with Crippen LogP contribution in [-0.4, -0.2) is 52.9 Å². The Kier molecular flexibility index (Phi) is 3.60. The zero-order valence-electron chi connectivity index (χ0n) is 9.70. The van der Waals surface area contributed by atoms with Crippen molar-refractivity contribution in [2.45, 2.75) is 43.2 Å². The van der Waals surface area contributed by atoms with Crippen LogP contribution in [0.2, 0.25) is 0 Å². The lowest BCUT2D eigenvalue weighted by atomic mass is 9.82. The van der Waals surface area contributed by atoms with Crippen LogP contribution in [0.1, 0.15) is 26.2 Å². The van der Waals surface area contributed by atoms with Crippen molar-refractivity contribution in [1.82, 2.24) is 10.2 Å². The molecule has 0 aliphatic carbocycles. The van der Waals surface area contributed by atoms with Gasteiger partial charge >= 0.3 is 0 Å². The average molecular weight is 230 g/mol. The van der Waals surface area contributed by atoms with Gasteiger partial charge < -0.3 is 10.4 Å². The molecular formula is C11H22N2OS. The Hall–Kier alpha value is 0.230. The normalized spacial score (nSPS) is 33.4. The molecule has 2 N–H and O–H groups in total. The van der Waals surface area contributed by atoms with Crippen LogP contribution in [0.15, 0.2) is 0 Å². The van der Waals surface area contributed by atoms with Crippen LogP contribution in [0.3, 0.4) is 0 Å². The quantitative estimate of drug-likeness (QED) is 0.754. The predicted molar refractivity (Wildman–Crippen MR) is 65.1 cm³/mol. The number of nitrogens with one attached hydrogen (secondary N) is 1. The van der Waals surface area contributed by atoms with Gasteiger partial charge in [-0.2, -0.15) is 0 Å². The van der Waals surface area contributed by atoms with Crippen LogP contribution in [0, 0.1) is 0 Å². The van der Waals surface area contributed by atoms with E-state index in [1.165, 1.54) is 12.8 Å². The van der Waals surface area contributed by atoms with Crippen molar-refractivity contribution in [1.29, 1.82) is 0 Å². The molecule has 88 valence electrons. The van der Waals surface area contributed by atoms with E-state index in [9.17, 15) is 5.11 Å². The second kappa shape index (κ2) is 4.62. The zero-order valence-corrected chi connectivity index (χ0v) is 10.5. The van der Waals surface area contributed by atoms with Crippen molar-refractivity contribution >= 4 is 11.8 Å². The monoisotopic (exact) mass is 230 g/mol. The molecule has 0 amide bonds. The van der Waals surface area contributed by atoms with Crippen LogP contribution < -0.4 is 5.32 Å². The first-order valence-electron chi connectivity index (χ1n) is 5.88. The molecular weight excluding hydrogens is 208 g/mol. The van der Waals surface area contributed by atoms with E-state index >= 15 is 0 Å². The molecule has 3 nitrogen and oxygen atoms in total. The average Bonchev–Trinajstić information content (AvgIpc) is 2.25. The lowest BCUT2D eigenvalue weighted by Gasteiger charge is -2.53. The minimum atomic E-state index is -0.454. The third-order valence-electron chi connectivity index (χ3n) is 3.77. The van der Waals surface area contributed by atoms with Crippen molar-refractivity contribution in [2.24, 2.45) is 0 Å². The fourth-order valence-electron chi connectivity index (χ4n) is 2.59. The van der Waals surface area contributed by atoms with Gasteiger partial charge in [-0.05, 0) is 32.6 Å². The van der Waals surface area contributed by atoms with E-state index in [0.717, 1.165) is 26.1 Å². The van der Waals surface area contributed by atoms with Crippen LogP contribution in [-0.2, 0) is 0 Å². The highest BCUT2D eigenvalue weighted by Gasteiger charge is 2.48. The molecule has 0 bridgehead atoms. The highest BCUT2D eigenvalue weighted by Crippen LogP contribution is 2.32. The number of likely N-dealkylation sites (tertiary alicyclic amines) is 1. The van der Waals surface area contributed by atoms with E-state index in [1.807, 2.05) is 11.8 Å². The third kappa shape index (κ3) is 2.33. The van der Waals surface area contributed by atoms with Gasteiger partial charge in [-0.3, -0.25) is 4.90 Å². The fraction of sp³-hybridized carbons (Fsp3) is 1.00. The van der Waals surface area contributed by atoms with Crippen molar-refractivity contribution < 1.29 is 5.11 Å². The molecule has 2 fully saturated rings. The van der Waals surface area contributed by atoms with Crippen molar-refractivity contribution in [3.8, 4) is 0 Å². The number of thioether (sulfide) groups is 1. The highest BCUT2D eigenvalue weighted by molar-refractivity contribution is 7.99. The van der Waals surface area contributed by atoms with E-state index in [-0.39, 0.29) is 0 Å². The lowest BCUT2D eigenvalue weighted by molar-refractivity contribution is -0.127. The summed E-state index contributed by atoms with van der Waals surface area (Å²) in [6.07, 6.45) is 5.79.